The molecule has 7 nitrogen and oxygen atoms in total. The third kappa shape index (κ3) is 5.28. The van der Waals surface area contributed by atoms with Gasteiger partial charge in [0, 0.05) is 30.9 Å². The zero-order valence-electron chi connectivity index (χ0n) is 18.8. The van der Waals surface area contributed by atoms with Crippen LogP contribution in [0.25, 0.3) is 5.78 Å². The predicted octanol–water partition coefficient (Wildman–Crippen LogP) is 3.22. The fourth-order valence-corrected chi connectivity index (χ4v) is 4.29. The molecule has 3 heterocycles. The van der Waals surface area contributed by atoms with Gasteiger partial charge in [-0.05, 0) is 68.8 Å². The van der Waals surface area contributed by atoms with E-state index in [-0.39, 0.29) is 5.91 Å². The van der Waals surface area contributed by atoms with E-state index in [1.54, 1.807) is 4.52 Å². The molecular weight excluding hydrogens is 388 g/mol. The van der Waals surface area contributed by atoms with E-state index in [9.17, 15) is 4.79 Å². The Morgan fingerprint density at radius 2 is 1.84 bits per heavy atom. The maximum Gasteiger partial charge on any atom is 0.252 e. The van der Waals surface area contributed by atoms with Crippen LogP contribution >= 0.6 is 0 Å². The number of likely N-dealkylation sites (tertiary alicyclic amines) is 1. The van der Waals surface area contributed by atoms with Gasteiger partial charge in [-0.2, -0.15) is 10.1 Å². The summed E-state index contributed by atoms with van der Waals surface area (Å²) in [5.41, 5.74) is 5.43. The average molecular weight is 421 g/mol. The maximum atomic E-state index is 12.4. The molecule has 1 N–H and O–H groups in total. The number of piperidine rings is 1. The van der Waals surface area contributed by atoms with Crippen molar-refractivity contribution in [1.29, 1.82) is 0 Å². The highest BCUT2D eigenvalue weighted by Crippen LogP contribution is 2.18. The fourth-order valence-electron chi connectivity index (χ4n) is 4.29. The third-order valence-corrected chi connectivity index (χ3v) is 6.39. The van der Waals surface area contributed by atoms with Crippen LogP contribution < -0.4 is 5.32 Å². The van der Waals surface area contributed by atoms with Gasteiger partial charge in [-0.15, -0.1) is 0 Å². The Bertz CT molecular complexity index is 1030. The van der Waals surface area contributed by atoms with E-state index in [1.165, 1.54) is 37.8 Å². The zero-order chi connectivity index (χ0) is 21.8. The lowest BCUT2D eigenvalue weighted by atomic mass is 9.99. The summed E-state index contributed by atoms with van der Waals surface area (Å²) in [6, 6.07) is 8.62. The first-order valence-corrected chi connectivity index (χ1v) is 11.2. The molecule has 0 saturated carbocycles. The van der Waals surface area contributed by atoms with Gasteiger partial charge in [0.15, 0.2) is 0 Å². The Hall–Kier alpha value is -2.80. The molecule has 0 radical (unpaired) electrons. The van der Waals surface area contributed by atoms with E-state index in [0.717, 1.165) is 35.0 Å². The van der Waals surface area contributed by atoms with Crippen LogP contribution in [0.15, 0.2) is 30.6 Å². The Labute approximate surface area is 183 Å². The zero-order valence-corrected chi connectivity index (χ0v) is 18.8. The van der Waals surface area contributed by atoms with Gasteiger partial charge in [0.05, 0.1) is 0 Å². The first-order chi connectivity index (χ1) is 15.0. The largest absolute Gasteiger partial charge is 0.352 e. The first kappa shape index (κ1) is 21.4. The van der Waals surface area contributed by atoms with Gasteiger partial charge < -0.3 is 5.32 Å². The maximum absolute atomic E-state index is 12.4. The van der Waals surface area contributed by atoms with Crippen molar-refractivity contribution in [2.45, 2.75) is 59.5 Å². The molecule has 3 aromatic rings. The van der Waals surface area contributed by atoms with Crippen molar-refractivity contribution < 1.29 is 4.79 Å². The standard InChI is InChI=1S/C24H32N6O/c1-17-10-12-29(13-11-17)15-21-6-4-20(5-7-21)14-25-23(31)9-8-22-18(2)28-24-26-16-27-30(24)19(22)3/h4-7,16-17H,8-15H2,1-3H3,(H,25,31). The van der Waals surface area contributed by atoms with Crippen LogP contribution in [0.1, 0.15) is 54.3 Å². The molecule has 164 valence electrons. The van der Waals surface area contributed by atoms with Gasteiger partial charge in [-0.3, -0.25) is 9.69 Å². The SMILES string of the molecule is Cc1nc2ncnn2c(C)c1CCC(=O)NCc1ccc(CN2CCC(C)CC2)cc1. The van der Waals surface area contributed by atoms with Gasteiger partial charge in [0.25, 0.3) is 5.78 Å². The molecule has 0 aliphatic carbocycles. The quantitative estimate of drug-likeness (QED) is 0.635. The van der Waals surface area contributed by atoms with Gasteiger partial charge in [-0.25, -0.2) is 9.50 Å². The van der Waals surface area contributed by atoms with Gasteiger partial charge in [0.2, 0.25) is 5.91 Å². The minimum atomic E-state index is 0.0454. The van der Waals surface area contributed by atoms with E-state index in [2.05, 4.69) is 56.5 Å². The van der Waals surface area contributed by atoms with E-state index in [4.69, 9.17) is 0 Å². The highest BCUT2D eigenvalue weighted by atomic mass is 16.1. The molecule has 1 fully saturated rings. The smallest absolute Gasteiger partial charge is 0.252 e. The lowest BCUT2D eigenvalue weighted by Gasteiger charge is -2.30. The fraction of sp³-hybridized carbons (Fsp3) is 0.500. The monoisotopic (exact) mass is 420 g/mol. The topological polar surface area (TPSA) is 75.4 Å². The number of rotatable bonds is 7. The second-order valence-corrected chi connectivity index (χ2v) is 8.78. The second kappa shape index (κ2) is 9.56. The van der Waals surface area contributed by atoms with E-state index in [0.29, 0.717) is 25.2 Å². The number of carbonyl (C=O) groups is 1. The molecular formula is C24H32N6O. The van der Waals surface area contributed by atoms with Gasteiger partial charge >= 0.3 is 0 Å². The molecule has 0 spiro atoms. The summed E-state index contributed by atoms with van der Waals surface area (Å²) < 4.78 is 1.73. The van der Waals surface area contributed by atoms with Crippen molar-refractivity contribution in [3.8, 4) is 0 Å². The number of amides is 1. The molecule has 31 heavy (non-hydrogen) atoms. The Morgan fingerprint density at radius 1 is 1.13 bits per heavy atom. The summed E-state index contributed by atoms with van der Waals surface area (Å²) in [6.45, 7) is 10.3. The second-order valence-electron chi connectivity index (χ2n) is 8.78. The summed E-state index contributed by atoms with van der Waals surface area (Å²) in [7, 11) is 0. The molecule has 4 rings (SSSR count). The van der Waals surface area contributed by atoms with Crippen LogP contribution in [0.3, 0.4) is 0 Å². The minimum Gasteiger partial charge on any atom is -0.352 e. The number of carbonyl (C=O) groups excluding carboxylic acids is 1. The summed E-state index contributed by atoms with van der Waals surface area (Å²) >= 11 is 0. The number of aromatic nitrogens is 4. The molecule has 1 aliphatic rings. The van der Waals surface area contributed by atoms with Crippen LogP contribution in [0.2, 0.25) is 0 Å². The minimum absolute atomic E-state index is 0.0454. The molecule has 2 aromatic heterocycles. The molecule has 7 heteroatoms. The normalized spacial score (nSPS) is 15.5. The first-order valence-electron chi connectivity index (χ1n) is 11.2. The highest BCUT2D eigenvalue weighted by molar-refractivity contribution is 5.76. The number of aryl methyl sites for hydroxylation is 2. The van der Waals surface area contributed by atoms with E-state index in [1.807, 2.05) is 13.8 Å². The summed E-state index contributed by atoms with van der Waals surface area (Å²) in [5.74, 6) is 1.50. The molecule has 1 amide bonds. The average Bonchev–Trinajstić information content (AvgIpc) is 3.23. The van der Waals surface area contributed by atoms with E-state index >= 15 is 0 Å². The number of benzene rings is 1. The van der Waals surface area contributed by atoms with Crippen molar-refractivity contribution in [1.82, 2.24) is 29.8 Å². The number of nitrogens with one attached hydrogen (secondary N) is 1. The van der Waals surface area contributed by atoms with Crippen molar-refractivity contribution in [3.63, 3.8) is 0 Å². The Balaban J connectivity index is 1.25. The third-order valence-electron chi connectivity index (χ3n) is 6.39. The number of fused-ring (bicyclic) bond motifs is 1. The van der Waals surface area contributed by atoms with Crippen LogP contribution in [-0.4, -0.2) is 43.5 Å². The van der Waals surface area contributed by atoms with Crippen molar-refractivity contribution >= 4 is 11.7 Å². The summed E-state index contributed by atoms with van der Waals surface area (Å²) in [4.78, 5) is 23.6. The van der Waals surface area contributed by atoms with E-state index < -0.39 is 0 Å². The predicted molar refractivity (Wildman–Crippen MR) is 121 cm³/mol. The molecule has 1 aliphatic heterocycles. The molecule has 0 atom stereocenters. The van der Waals surface area contributed by atoms with Crippen LogP contribution in [-0.2, 0) is 24.3 Å². The number of hydrogen-bond acceptors (Lipinski definition) is 5. The lowest BCUT2D eigenvalue weighted by molar-refractivity contribution is -0.121. The summed E-state index contributed by atoms with van der Waals surface area (Å²) in [5, 5.41) is 7.25. The number of nitrogens with zero attached hydrogens (tertiary/aromatic N) is 5. The van der Waals surface area contributed by atoms with Crippen molar-refractivity contribution in [3.05, 3.63) is 58.7 Å². The van der Waals surface area contributed by atoms with Crippen LogP contribution in [0, 0.1) is 19.8 Å². The van der Waals surface area contributed by atoms with Crippen molar-refractivity contribution in [2.75, 3.05) is 13.1 Å². The molecule has 0 bridgehead atoms. The summed E-state index contributed by atoms with van der Waals surface area (Å²) in [6.07, 6.45) is 5.16. The van der Waals surface area contributed by atoms with Crippen molar-refractivity contribution in [2.24, 2.45) is 5.92 Å². The molecule has 1 saturated heterocycles. The number of hydrogen-bond donors (Lipinski definition) is 1. The van der Waals surface area contributed by atoms with Gasteiger partial charge in [-0.1, -0.05) is 31.2 Å². The molecule has 0 unspecified atom stereocenters. The Kier molecular flexibility index (Phi) is 6.61. The molecule has 1 aromatic carbocycles. The van der Waals surface area contributed by atoms with Crippen LogP contribution in [0.5, 0.6) is 0 Å². The van der Waals surface area contributed by atoms with Gasteiger partial charge in [0.1, 0.15) is 6.33 Å². The highest BCUT2D eigenvalue weighted by Gasteiger charge is 2.16. The lowest BCUT2D eigenvalue weighted by Crippen LogP contribution is -2.32. The van der Waals surface area contributed by atoms with Crippen LogP contribution in [0.4, 0.5) is 0 Å². The Morgan fingerprint density at radius 3 is 2.58 bits per heavy atom.